The van der Waals surface area contributed by atoms with Gasteiger partial charge in [0.05, 0.1) is 0 Å². The van der Waals surface area contributed by atoms with Crippen molar-refractivity contribution in [3.8, 4) is 111 Å². The Morgan fingerprint density at radius 2 is 0.418 bits per heavy atom. The van der Waals surface area contributed by atoms with Gasteiger partial charge in [0, 0.05) is 69.8 Å². The molecule has 0 heterocycles. The first-order chi connectivity index (χ1) is 52.9. The number of benzene rings is 14. The smallest absolute Gasteiger partial charge is 0.0261 e. The van der Waals surface area contributed by atoms with Crippen molar-refractivity contribution in [2.45, 2.75) is 66.2 Å². The monoisotopic (exact) mass is 2560 g/mol. The summed E-state index contributed by atoms with van der Waals surface area (Å²) in [5, 5.41) is 0. The molecule has 0 spiro atoms. The number of halogens is 16. The summed E-state index contributed by atoms with van der Waals surface area (Å²) in [7, 11) is 0. The second kappa shape index (κ2) is 42.1. The van der Waals surface area contributed by atoms with Crippen molar-refractivity contribution in [1.82, 2.24) is 0 Å². The molecule has 556 valence electrons. The second-order valence-corrected chi connectivity index (χ2v) is 40.4. The third-order valence-electron chi connectivity index (χ3n) is 18.4. The van der Waals surface area contributed by atoms with E-state index in [9.17, 15) is 0 Å². The van der Waals surface area contributed by atoms with E-state index < -0.39 is 0 Å². The predicted molar refractivity (Wildman–Crippen MR) is 540 cm³/mol. The van der Waals surface area contributed by atoms with Gasteiger partial charge in [-0.05, 0) is 328 Å². The maximum Gasteiger partial charge on any atom is 0.0261 e. The molecule has 0 N–H and O–H groups in total. The molecule has 110 heavy (non-hydrogen) atoms. The molecule has 0 bridgehead atoms. The van der Waals surface area contributed by atoms with E-state index in [0.717, 1.165) is 120 Å². The fraction of sp³-hybridized carbons (Fsp3) is 0.106. The van der Waals surface area contributed by atoms with Crippen LogP contribution >= 0.6 is 268 Å². The van der Waals surface area contributed by atoms with Crippen molar-refractivity contribution >= 4 is 268 Å². The minimum Gasteiger partial charge on any atom is -0.0654 e. The molecular weight excluding hydrogens is 2500 g/mol. The maximum atomic E-state index is 3.88. The number of rotatable bonds is 16. The summed E-state index contributed by atoms with van der Waals surface area (Å²) in [5.41, 5.74) is 28.9. The number of aryl methyl sites for hydroxylation is 4. The SMILES string of the molecule is Brc1cc(-c2ccccc2I)c(Br)cc1-c1ccccc1I.Brc1ccccc1-c1cc(Br)c(-c2ccccc2Br)cc1Br.CCCCc1ccc(Br)c(-c2cc(Br)c(-c3cc(CCCC)ccc3Br)cc2Br)c1.Cc1ccc(-c2ccc(Br)c(-c3cc(Br)c(-c4cc(-c5ccc(C)cc5)ccc4Br)cc3Br)c2)cc1. The van der Waals surface area contributed by atoms with Crippen LogP contribution in [0.5, 0.6) is 0 Å². The largest absolute Gasteiger partial charge is 0.0654 e. The van der Waals surface area contributed by atoms with Gasteiger partial charge in [0.2, 0.25) is 0 Å². The van der Waals surface area contributed by atoms with Crippen LogP contribution in [0.25, 0.3) is 111 Å². The first-order valence-corrected chi connectivity index (χ1v) is 48.4. The van der Waals surface area contributed by atoms with Crippen LogP contribution in [0.1, 0.15) is 61.8 Å². The molecule has 0 amide bonds. The van der Waals surface area contributed by atoms with E-state index in [2.05, 4.69) is 539 Å². The zero-order chi connectivity index (χ0) is 78.4. The summed E-state index contributed by atoms with van der Waals surface area (Å²) in [4.78, 5) is 0. The van der Waals surface area contributed by atoms with Crippen molar-refractivity contribution in [2.75, 3.05) is 0 Å². The molecular formula is C94H68Br14I2. The maximum absolute atomic E-state index is 3.88. The quantitative estimate of drug-likeness (QED) is 0.0846. The summed E-state index contributed by atoms with van der Waals surface area (Å²) in [6, 6.07) is 94.6. The zero-order valence-electron chi connectivity index (χ0n) is 59.7. The molecule has 0 radical (unpaired) electrons. The van der Waals surface area contributed by atoms with Gasteiger partial charge in [0.25, 0.3) is 0 Å². The van der Waals surface area contributed by atoms with Gasteiger partial charge in [-0.1, -0.05) is 406 Å². The highest BCUT2D eigenvalue weighted by Crippen LogP contribution is 2.48. The van der Waals surface area contributed by atoms with Crippen LogP contribution in [0.2, 0.25) is 0 Å². The molecule has 0 aliphatic carbocycles. The molecule has 0 aliphatic heterocycles. The summed E-state index contributed by atoms with van der Waals surface area (Å²) in [6.07, 6.45) is 7.08. The lowest BCUT2D eigenvalue weighted by molar-refractivity contribution is 0.795. The lowest BCUT2D eigenvalue weighted by Gasteiger charge is -2.15. The molecule has 14 rings (SSSR count). The van der Waals surface area contributed by atoms with Crippen molar-refractivity contribution in [3.05, 3.63) is 359 Å². The van der Waals surface area contributed by atoms with Crippen LogP contribution in [-0.4, -0.2) is 0 Å². The third-order valence-corrected chi connectivity index (χ3v) is 29.7. The molecule has 0 saturated carbocycles. The average Bonchev–Trinajstić information content (AvgIpc) is 0.790. The van der Waals surface area contributed by atoms with Crippen LogP contribution in [0, 0.1) is 21.0 Å². The lowest BCUT2D eigenvalue weighted by atomic mass is 9.95. The van der Waals surface area contributed by atoms with Crippen molar-refractivity contribution in [3.63, 3.8) is 0 Å². The molecule has 0 unspecified atom stereocenters. The van der Waals surface area contributed by atoms with E-state index in [-0.39, 0.29) is 0 Å². The molecule has 0 saturated heterocycles. The standard InChI is InChI=1S/C32H22Br4.C26H26Br4.C18H10Br4.C18H10Br2I2/c1-19-3-7-21(8-4-19)23-11-13-29(33)25(15-23)27-17-32(36)28(18-31(27)35)26-16-24(12-14-30(26)34)22-9-5-20(2)6-10-22;1-3-5-7-17-9-11-23(27)19(13-17)21-15-26(30)22(16-25(21)29)20-14-18(8-6-4-2)10-12-24(20)28;19-15-7-3-1-5-11(15)13-9-18(22)14(10-17(13)21)12-6-2-4-8-16(12)20;19-15-10-14(12-6-2-4-8-18(12)22)16(20)9-13(15)11-5-1-3-7-17(11)21/h3-18H,1-2H3;9-16H,3-8H2,1-2H3;2*1-10H. The summed E-state index contributed by atoms with van der Waals surface area (Å²) in [5.74, 6) is 0. The minimum absolute atomic E-state index is 1.04. The summed E-state index contributed by atoms with van der Waals surface area (Å²) >= 11 is 57.5. The highest BCUT2D eigenvalue weighted by molar-refractivity contribution is 14.1. The number of unbranched alkanes of at least 4 members (excludes halogenated alkanes) is 2. The van der Waals surface area contributed by atoms with Gasteiger partial charge in [-0.15, -0.1) is 0 Å². The fourth-order valence-corrected chi connectivity index (χ4v) is 21.2. The Hall–Kier alpha value is -2.74. The van der Waals surface area contributed by atoms with Gasteiger partial charge >= 0.3 is 0 Å². The van der Waals surface area contributed by atoms with Gasteiger partial charge in [-0.2, -0.15) is 0 Å². The Labute approximate surface area is 793 Å². The van der Waals surface area contributed by atoms with Gasteiger partial charge < -0.3 is 0 Å². The van der Waals surface area contributed by atoms with E-state index in [0.29, 0.717) is 0 Å². The predicted octanol–water partition coefficient (Wildman–Crippen LogP) is 38.6. The Morgan fingerprint density at radius 3 is 0.700 bits per heavy atom. The van der Waals surface area contributed by atoms with Crippen molar-refractivity contribution in [1.29, 1.82) is 0 Å². The van der Waals surface area contributed by atoms with Gasteiger partial charge in [-0.25, -0.2) is 0 Å². The van der Waals surface area contributed by atoms with Crippen LogP contribution in [-0.2, 0) is 12.8 Å². The zero-order valence-corrected chi connectivity index (χ0v) is 86.2. The molecule has 0 nitrogen and oxygen atoms in total. The number of hydrogen-bond donors (Lipinski definition) is 0. The first kappa shape index (κ1) is 88.1. The third kappa shape index (κ3) is 22.5. The molecule has 0 aromatic heterocycles. The fourth-order valence-electron chi connectivity index (χ4n) is 12.5. The molecule has 0 aliphatic rings. The molecule has 14 aromatic carbocycles. The molecule has 0 fully saturated rings. The molecule has 0 atom stereocenters. The Kier molecular flexibility index (Phi) is 33.7. The van der Waals surface area contributed by atoms with Gasteiger partial charge in [0.15, 0.2) is 0 Å². The van der Waals surface area contributed by atoms with E-state index in [1.165, 1.54) is 122 Å². The topological polar surface area (TPSA) is 0 Å². The van der Waals surface area contributed by atoms with Gasteiger partial charge in [0.1, 0.15) is 0 Å². The Morgan fingerprint density at radius 1 is 0.200 bits per heavy atom. The van der Waals surface area contributed by atoms with Crippen LogP contribution in [0.3, 0.4) is 0 Å². The Bertz CT molecular complexity index is 5150. The van der Waals surface area contributed by atoms with Crippen molar-refractivity contribution in [2.24, 2.45) is 0 Å². The van der Waals surface area contributed by atoms with Crippen LogP contribution in [0.4, 0.5) is 0 Å². The van der Waals surface area contributed by atoms with E-state index in [1.54, 1.807) is 0 Å². The highest BCUT2D eigenvalue weighted by Gasteiger charge is 2.21. The van der Waals surface area contributed by atoms with Crippen LogP contribution in [0.15, 0.2) is 330 Å². The summed E-state index contributed by atoms with van der Waals surface area (Å²) < 4.78 is 17.6. The lowest BCUT2D eigenvalue weighted by Crippen LogP contribution is -1.92. The normalized spacial score (nSPS) is 10.9. The molecule has 16 heteroatoms. The van der Waals surface area contributed by atoms with E-state index >= 15 is 0 Å². The average molecular weight is 2570 g/mol. The highest BCUT2D eigenvalue weighted by atomic mass is 127. The van der Waals surface area contributed by atoms with Crippen LogP contribution < -0.4 is 0 Å². The first-order valence-electron chi connectivity index (χ1n) is 35.2. The van der Waals surface area contributed by atoms with Gasteiger partial charge in [-0.3, -0.25) is 0 Å². The van der Waals surface area contributed by atoms with E-state index in [1.807, 2.05) is 24.3 Å². The molecule has 14 aromatic rings. The second-order valence-electron chi connectivity index (χ2n) is 26.1. The van der Waals surface area contributed by atoms with Crippen molar-refractivity contribution < 1.29 is 0 Å². The van der Waals surface area contributed by atoms with E-state index in [4.69, 9.17) is 0 Å². The number of hydrogen-bond acceptors (Lipinski definition) is 0. The Balaban J connectivity index is 0.000000149. The minimum atomic E-state index is 1.04. The summed E-state index contributed by atoms with van der Waals surface area (Å²) in [6.45, 7) is 8.70.